The Kier molecular flexibility index (Phi) is 17.5. The van der Waals surface area contributed by atoms with Crippen LogP contribution in [-0.4, -0.2) is 23.9 Å². The van der Waals surface area contributed by atoms with Crippen LogP contribution in [0.15, 0.2) is 23.8 Å². The molecule has 0 radical (unpaired) electrons. The predicted molar refractivity (Wildman–Crippen MR) is 86.3 cm³/mol. The summed E-state index contributed by atoms with van der Waals surface area (Å²) in [5.41, 5.74) is 2.57. The van der Waals surface area contributed by atoms with Crippen LogP contribution in [0.2, 0.25) is 0 Å². The number of allylic oxidation sites excluding steroid dienone is 2. The number of hydrogen-bond acceptors (Lipinski definition) is 2. The van der Waals surface area contributed by atoms with Crippen LogP contribution in [0.3, 0.4) is 0 Å². The maximum Gasteiger partial charge on any atom is 0.105 e. The summed E-state index contributed by atoms with van der Waals surface area (Å²) in [5, 5.41) is 0. The maximum absolute atomic E-state index is 3.93. The number of rotatable bonds is 0. The first-order valence-corrected chi connectivity index (χ1v) is 7.22. The predicted octanol–water partition coefficient (Wildman–Crippen LogP) is 5.45. The van der Waals surface area contributed by atoms with Crippen molar-refractivity contribution in [2.45, 2.75) is 68.2 Å². The van der Waals surface area contributed by atoms with E-state index in [4.69, 9.17) is 0 Å². The van der Waals surface area contributed by atoms with Crippen LogP contribution in [0.4, 0.5) is 0 Å². The normalized spacial score (nSPS) is 13.1. The van der Waals surface area contributed by atoms with Crippen molar-refractivity contribution in [1.82, 2.24) is 9.80 Å². The van der Waals surface area contributed by atoms with Crippen molar-refractivity contribution < 1.29 is 0 Å². The molecule has 0 aromatic carbocycles. The van der Waals surface area contributed by atoms with E-state index in [-0.39, 0.29) is 0 Å². The minimum Gasteiger partial charge on any atom is -0.334 e. The minimum absolute atomic E-state index is 1.05. The summed E-state index contributed by atoms with van der Waals surface area (Å²) >= 11 is 0. The van der Waals surface area contributed by atoms with Crippen molar-refractivity contribution in [2.75, 3.05) is 14.1 Å². The Labute approximate surface area is 116 Å². The van der Waals surface area contributed by atoms with Gasteiger partial charge in [0.1, 0.15) is 5.82 Å². The van der Waals surface area contributed by atoms with Crippen molar-refractivity contribution in [3.05, 3.63) is 23.8 Å². The summed E-state index contributed by atoms with van der Waals surface area (Å²) < 4.78 is 0. The molecule has 0 amide bonds. The first-order chi connectivity index (χ1) is 8.38. The van der Waals surface area contributed by atoms with Crippen molar-refractivity contribution in [3.63, 3.8) is 0 Å². The van der Waals surface area contributed by atoms with Crippen LogP contribution in [-0.2, 0) is 0 Å². The van der Waals surface area contributed by atoms with E-state index in [1.54, 1.807) is 0 Å². The lowest BCUT2D eigenvalue weighted by Gasteiger charge is -2.18. The summed E-state index contributed by atoms with van der Waals surface area (Å²) in [7, 11) is 4.06. The van der Waals surface area contributed by atoms with E-state index in [1.807, 2.05) is 27.9 Å². The molecule has 0 atom stereocenters. The van der Waals surface area contributed by atoms with Crippen LogP contribution in [0, 0.1) is 0 Å². The third-order valence-electron chi connectivity index (χ3n) is 2.30. The molecule has 1 aliphatic heterocycles. The van der Waals surface area contributed by atoms with E-state index in [2.05, 4.69) is 57.9 Å². The molecule has 1 rings (SSSR count). The first-order valence-electron chi connectivity index (χ1n) is 7.22. The highest BCUT2D eigenvalue weighted by atomic mass is 15.4. The van der Waals surface area contributed by atoms with E-state index in [0.29, 0.717) is 0 Å². The van der Waals surface area contributed by atoms with Gasteiger partial charge in [0.15, 0.2) is 0 Å². The smallest absolute Gasteiger partial charge is 0.105 e. The van der Waals surface area contributed by atoms with Gasteiger partial charge in [0.2, 0.25) is 0 Å². The van der Waals surface area contributed by atoms with Gasteiger partial charge < -0.3 is 9.80 Å². The molecule has 0 aromatic rings. The third kappa shape index (κ3) is 8.21. The van der Waals surface area contributed by atoms with Crippen LogP contribution in [0.5, 0.6) is 0 Å². The Morgan fingerprint density at radius 3 is 1.00 bits per heavy atom. The van der Waals surface area contributed by atoms with Crippen molar-refractivity contribution >= 4 is 0 Å². The molecule has 0 spiro atoms. The molecule has 0 bridgehead atoms. The summed E-state index contributed by atoms with van der Waals surface area (Å²) in [6.45, 7) is 20.6. The molecule has 1 heterocycles. The number of nitrogens with zero attached hydrogens (tertiary/aromatic N) is 2. The molecule has 0 saturated heterocycles. The average molecular weight is 256 g/mol. The SMILES string of the molecule is C=C1N(C)C(C)=C(C)N1C.CC.CCC.CCC. The second kappa shape index (κ2) is 14.1. The summed E-state index contributed by atoms with van der Waals surface area (Å²) in [6.07, 6.45) is 2.50. The van der Waals surface area contributed by atoms with Crippen LogP contribution < -0.4 is 0 Å². The fourth-order valence-electron chi connectivity index (χ4n) is 1.10. The Morgan fingerprint density at radius 1 is 0.778 bits per heavy atom. The number of hydrogen-bond donors (Lipinski definition) is 0. The van der Waals surface area contributed by atoms with E-state index in [9.17, 15) is 0 Å². The molecule has 1 aliphatic rings. The highest BCUT2D eigenvalue weighted by Gasteiger charge is 2.20. The summed E-state index contributed by atoms with van der Waals surface area (Å²) in [6, 6.07) is 0. The van der Waals surface area contributed by atoms with Gasteiger partial charge in [0, 0.05) is 25.5 Å². The molecule has 0 aliphatic carbocycles. The Morgan fingerprint density at radius 2 is 0.944 bits per heavy atom. The lowest BCUT2D eigenvalue weighted by atomic mass is 10.4. The monoisotopic (exact) mass is 256 g/mol. The second-order valence-electron chi connectivity index (χ2n) is 4.12. The van der Waals surface area contributed by atoms with Crippen molar-refractivity contribution in [1.29, 1.82) is 0 Å². The van der Waals surface area contributed by atoms with Gasteiger partial charge in [-0.3, -0.25) is 0 Å². The quantitative estimate of drug-likeness (QED) is 0.569. The van der Waals surface area contributed by atoms with Gasteiger partial charge in [-0.25, -0.2) is 0 Å². The zero-order valence-corrected chi connectivity index (χ0v) is 14.5. The van der Waals surface area contributed by atoms with E-state index in [1.165, 1.54) is 24.2 Å². The van der Waals surface area contributed by atoms with Gasteiger partial charge in [-0.1, -0.05) is 61.0 Å². The Balaban J connectivity index is -0.000000237. The van der Waals surface area contributed by atoms with Crippen molar-refractivity contribution in [2.24, 2.45) is 0 Å². The van der Waals surface area contributed by atoms with E-state index >= 15 is 0 Å². The molecule has 2 nitrogen and oxygen atoms in total. The van der Waals surface area contributed by atoms with Crippen LogP contribution in [0.25, 0.3) is 0 Å². The van der Waals surface area contributed by atoms with Crippen LogP contribution >= 0.6 is 0 Å². The van der Waals surface area contributed by atoms with Gasteiger partial charge >= 0.3 is 0 Å². The zero-order chi connectivity index (χ0) is 15.3. The van der Waals surface area contributed by atoms with Crippen LogP contribution in [0.1, 0.15) is 68.2 Å². The topological polar surface area (TPSA) is 6.48 Å². The molecule has 110 valence electrons. The lowest BCUT2D eigenvalue weighted by molar-refractivity contribution is 0.425. The fraction of sp³-hybridized carbons (Fsp3) is 0.750. The second-order valence-corrected chi connectivity index (χ2v) is 4.12. The molecule has 2 heteroatoms. The highest BCUT2D eigenvalue weighted by molar-refractivity contribution is 5.23. The molecule has 0 saturated carbocycles. The van der Waals surface area contributed by atoms with E-state index < -0.39 is 0 Å². The molecule has 0 aromatic heterocycles. The molecule has 0 N–H and O–H groups in total. The average Bonchev–Trinajstić information content (AvgIpc) is 2.52. The molecular formula is C16H36N2. The fourth-order valence-corrected chi connectivity index (χ4v) is 1.10. The molecule has 0 unspecified atom stereocenters. The first kappa shape index (κ1) is 22.3. The van der Waals surface area contributed by atoms with Gasteiger partial charge in [-0.15, -0.1) is 0 Å². The van der Waals surface area contributed by atoms with Gasteiger partial charge in [0.05, 0.1) is 0 Å². The minimum atomic E-state index is 1.05. The van der Waals surface area contributed by atoms with Gasteiger partial charge in [-0.2, -0.15) is 0 Å². The van der Waals surface area contributed by atoms with Gasteiger partial charge in [0.25, 0.3) is 0 Å². The Hall–Kier alpha value is -0.920. The highest BCUT2D eigenvalue weighted by Crippen LogP contribution is 2.26. The lowest BCUT2D eigenvalue weighted by Crippen LogP contribution is -2.16. The zero-order valence-electron chi connectivity index (χ0n) is 14.5. The summed E-state index contributed by atoms with van der Waals surface area (Å²) in [5.74, 6) is 1.05. The van der Waals surface area contributed by atoms with Gasteiger partial charge in [-0.05, 0) is 13.8 Å². The third-order valence-corrected chi connectivity index (χ3v) is 2.30. The van der Waals surface area contributed by atoms with E-state index in [0.717, 1.165) is 5.82 Å². The summed E-state index contributed by atoms with van der Waals surface area (Å²) in [4.78, 5) is 4.19. The largest absolute Gasteiger partial charge is 0.334 e. The standard InChI is InChI=1S/C8H14N2.2C3H8.C2H6/c1-6-7(2)10(5)8(3)9(6)4;2*1-3-2;1-2/h3H2,1-2,4-5H3;2*3H2,1-2H3;1-2H3. The molecule has 0 fully saturated rings. The Bertz CT molecular complexity index is 207. The molecule has 18 heavy (non-hydrogen) atoms. The molecular weight excluding hydrogens is 220 g/mol. The van der Waals surface area contributed by atoms with Crippen molar-refractivity contribution in [3.8, 4) is 0 Å². The maximum atomic E-state index is 3.93.